The van der Waals surface area contributed by atoms with Crippen LogP contribution < -0.4 is 5.32 Å². The highest BCUT2D eigenvalue weighted by atomic mass is 35.5. The summed E-state index contributed by atoms with van der Waals surface area (Å²) in [6.07, 6.45) is 0. The number of fused-ring (bicyclic) bond motifs is 1. The average molecular weight is 448 g/mol. The van der Waals surface area contributed by atoms with Crippen molar-refractivity contribution in [3.05, 3.63) is 106 Å². The van der Waals surface area contributed by atoms with E-state index in [9.17, 15) is 9.18 Å². The summed E-state index contributed by atoms with van der Waals surface area (Å²) in [5.74, 6) is -0.489. The Morgan fingerprint density at radius 3 is 2.47 bits per heavy atom. The standard InChI is InChI=1S/C26H23ClFN3O/c1-17-12-18(2)24-20(13-17)14-21(25(27)30-24)16-31(15-19-8-4-3-5-9-19)26(32)29-23-11-7-6-10-22(23)28/h3-14H,15-16H2,1-2H3,(H,29,32). The van der Waals surface area contributed by atoms with Crippen molar-refractivity contribution in [2.45, 2.75) is 26.9 Å². The van der Waals surface area contributed by atoms with Crippen LogP contribution in [0.4, 0.5) is 14.9 Å². The van der Waals surface area contributed by atoms with Crippen LogP contribution in [0.25, 0.3) is 10.9 Å². The van der Waals surface area contributed by atoms with Crippen molar-refractivity contribution in [3.8, 4) is 0 Å². The predicted octanol–water partition coefficient (Wildman–Crippen LogP) is 6.88. The van der Waals surface area contributed by atoms with Gasteiger partial charge in [0.2, 0.25) is 0 Å². The third-order valence-electron chi connectivity index (χ3n) is 5.26. The number of nitrogens with zero attached hydrogens (tertiary/aromatic N) is 2. The minimum absolute atomic E-state index is 0.129. The van der Waals surface area contributed by atoms with Crippen LogP contribution in [0.3, 0.4) is 0 Å². The normalized spacial score (nSPS) is 10.9. The van der Waals surface area contributed by atoms with Crippen LogP contribution in [0.2, 0.25) is 5.15 Å². The summed E-state index contributed by atoms with van der Waals surface area (Å²) in [7, 11) is 0. The fourth-order valence-electron chi connectivity index (χ4n) is 3.75. The van der Waals surface area contributed by atoms with Crippen molar-refractivity contribution in [2.24, 2.45) is 0 Å². The molecule has 0 aliphatic heterocycles. The first-order valence-corrected chi connectivity index (χ1v) is 10.7. The van der Waals surface area contributed by atoms with Gasteiger partial charge in [-0.3, -0.25) is 0 Å². The highest BCUT2D eigenvalue weighted by Gasteiger charge is 2.19. The topological polar surface area (TPSA) is 45.2 Å². The molecule has 1 aromatic heterocycles. The van der Waals surface area contributed by atoms with E-state index < -0.39 is 11.8 Å². The average Bonchev–Trinajstić information content (AvgIpc) is 2.76. The lowest BCUT2D eigenvalue weighted by Gasteiger charge is -2.24. The summed E-state index contributed by atoms with van der Waals surface area (Å²) in [6, 6.07) is 21.4. The van der Waals surface area contributed by atoms with E-state index in [-0.39, 0.29) is 12.2 Å². The molecule has 0 unspecified atom stereocenters. The molecule has 4 rings (SSSR count). The molecule has 0 aliphatic rings. The number of aromatic nitrogens is 1. The Hall–Kier alpha value is -3.44. The third-order valence-corrected chi connectivity index (χ3v) is 5.59. The van der Waals surface area contributed by atoms with Gasteiger partial charge in [-0.1, -0.05) is 65.7 Å². The number of benzene rings is 3. The maximum absolute atomic E-state index is 14.1. The number of rotatable bonds is 5. The van der Waals surface area contributed by atoms with Crippen LogP contribution in [0.1, 0.15) is 22.3 Å². The smallest absolute Gasteiger partial charge is 0.316 e. The first kappa shape index (κ1) is 21.8. The van der Waals surface area contributed by atoms with E-state index in [1.807, 2.05) is 50.2 Å². The first-order valence-electron chi connectivity index (χ1n) is 10.3. The van der Waals surface area contributed by atoms with Gasteiger partial charge < -0.3 is 10.2 Å². The lowest BCUT2D eigenvalue weighted by Crippen LogP contribution is -2.34. The minimum atomic E-state index is -0.489. The van der Waals surface area contributed by atoms with Gasteiger partial charge >= 0.3 is 6.03 Å². The van der Waals surface area contributed by atoms with Crippen LogP contribution in [0.5, 0.6) is 0 Å². The SMILES string of the molecule is Cc1cc(C)c2nc(Cl)c(CN(Cc3ccccc3)C(=O)Nc3ccccc3F)cc2c1. The van der Waals surface area contributed by atoms with Gasteiger partial charge in [-0.15, -0.1) is 0 Å². The van der Waals surface area contributed by atoms with Crippen molar-refractivity contribution in [1.82, 2.24) is 9.88 Å². The van der Waals surface area contributed by atoms with Crippen molar-refractivity contribution in [2.75, 3.05) is 5.32 Å². The van der Waals surface area contributed by atoms with Gasteiger partial charge in [-0.2, -0.15) is 0 Å². The van der Waals surface area contributed by atoms with Gasteiger partial charge in [0.05, 0.1) is 17.7 Å². The predicted molar refractivity (Wildman–Crippen MR) is 127 cm³/mol. The molecule has 0 atom stereocenters. The summed E-state index contributed by atoms with van der Waals surface area (Å²) in [5.41, 5.74) is 4.83. The van der Waals surface area contributed by atoms with Crippen molar-refractivity contribution in [1.29, 1.82) is 0 Å². The van der Waals surface area contributed by atoms with E-state index in [4.69, 9.17) is 11.6 Å². The Morgan fingerprint density at radius 2 is 1.72 bits per heavy atom. The molecule has 0 aliphatic carbocycles. The largest absolute Gasteiger partial charge is 0.322 e. The Balaban J connectivity index is 1.67. The maximum Gasteiger partial charge on any atom is 0.322 e. The van der Waals surface area contributed by atoms with Gasteiger partial charge in [0.1, 0.15) is 11.0 Å². The Kier molecular flexibility index (Phi) is 6.37. The number of halogens is 2. The molecule has 0 spiro atoms. The van der Waals surface area contributed by atoms with E-state index in [0.717, 1.165) is 33.2 Å². The number of urea groups is 1. The highest BCUT2D eigenvalue weighted by Crippen LogP contribution is 2.26. The number of pyridine rings is 1. The molecule has 1 heterocycles. The molecule has 2 amide bonds. The summed E-state index contributed by atoms with van der Waals surface area (Å²) >= 11 is 6.52. The molecule has 32 heavy (non-hydrogen) atoms. The van der Waals surface area contributed by atoms with Crippen LogP contribution in [-0.2, 0) is 13.1 Å². The molecule has 0 saturated heterocycles. The molecule has 162 valence electrons. The van der Waals surface area contributed by atoms with Crippen LogP contribution >= 0.6 is 11.6 Å². The number of hydrogen-bond donors (Lipinski definition) is 1. The lowest BCUT2D eigenvalue weighted by molar-refractivity contribution is 0.206. The fourth-order valence-corrected chi connectivity index (χ4v) is 3.95. The zero-order valence-electron chi connectivity index (χ0n) is 17.9. The second-order valence-electron chi connectivity index (χ2n) is 7.84. The van der Waals surface area contributed by atoms with Crippen molar-refractivity contribution >= 4 is 34.2 Å². The van der Waals surface area contributed by atoms with Crippen LogP contribution in [0, 0.1) is 19.7 Å². The molecular formula is C26H23ClFN3O. The van der Waals surface area contributed by atoms with Gasteiger partial charge in [-0.05, 0) is 49.2 Å². The van der Waals surface area contributed by atoms with Gasteiger partial charge in [-0.25, -0.2) is 14.2 Å². The zero-order chi connectivity index (χ0) is 22.7. The van der Waals surface area contributed by atoms with Gasteiger partial charge in [0.25, 0.3) is 0 Å². The van der Waals surface area contributed by atoms with E-state index in [1.165, 1.54) is 12.1 Å². The number of aryl methyl sites for hydroxylation is 2. The monoisotopic (exact) mass is 447 g/mol. The van der Waals surface area contributed by atoms with Crippen molar-refractivity contribution in [3.63, 3.8) is 0 Å². The Bertz CT molecular complexity index is 1280. The quantitative estimate of drug-likeness (QED) is 0.339. The number of carbonyl (C=O) groups is 1. The van der Waals surface area contributed by atoms with E-state index in [2.05, 4.69) is 22.4 Å². The fraction of sp³-hybridized carbons (Fsp3) is 0.154. The molecular weight excluding hydrogens is 425 g/mol. The lowest BCUT2D eigenvalue weighted by atomic mass is 10.1. The number of carbonyl (C=O) groups excluding carboxylic acids is 1. The summed E-state index contributed by atoms with van der Waals surface area (Å²) in [4.78, 5) is 19.3. The molecule has 3 aromatic carbocycles. The van der Waals surface area contributed by atoms with Crippen LogP contribution in [-0.4, -0.2) is 15.9 Å². The number of hydrogen-bond acceptors (Lipinski definition) is 2. The van der Waals surface area contributed by atoms with Gasteiger partial charge in [0, 0.05) is 17.5 Å². The van der Waals surface area contributed by atoms with E-state index >= 15 is 0 Å². The zero-order valence-corrected chi connectivity index (χ0v) is 18.7. The number of amides is 2. The second-order valence-corrected chi connectivity index (χ2v) is 8.20. The highest BCUT2D eigenvalue weighted by molar-refractivity contribution is 6.30. The molecule has 6 heteroatoms. The first-order chi connectivity index (χ1) is 15.4. The van der Waals surface area contributed by atoms with Gasteiger partial charge in [0.15, 0.2) is 0 Å². The Morgan fingerprint density at radius 1 is 1.00 bits per heavy atom. The number of nitrogens with one attached hydrogen (secondary N) is 1. The molecule has 0 bridgehead atoms. The number of para-hydroxylation sites is 1. The van der Waals surface area contributed by atoms with E-state index in [0.29, 0.717) is 11.7 Å². The molecule has 4 aromatic rings. The molecule has 1 N–H and O–H groups in total. The Labute approximate surface area is 191 Å². The molecule has 0 fully saturated rings. The molecule has 4 nitrogen and oxygen atoms in total. The second kappa shape index (κ2) is 9.37. The summed E-state index contributed by atoms with van der Waals surface area (Å²) in [5, 5.41) is 3.99. The summed E-state index contributed by atoms with van der Waals surface area (Å²) < 4.78 is 14.1. The van der Waals surface area contributed by atoms with Crippen LogP contribution in [0.15, 0.2) is 72.8 Å². The maximum atomic E-state index is 14.1. The summed E-state index contributed by atoms with van der Waals surface area (Å²) in [6.45, 7) is 4.60. The van der Waals surface area contributed by atoms with Crippen molar-refractivity contribution < 1.29 is 9.18 Å². The number of anilines is 1. The minimum Gasteiger partial charge on any atom is -0.316 e. The third kappa shape index (κ3) is 4.89. The molecule has 0 radical (unpaired) electrons. The molecule has 0 saturated carbocycles. The van der Waals surface area contributed by atoms with E-state index in [1.54, 1.807) is 17.0 Å².